The lowest BCUT2D eigenvalue weighted by Crippen LogP contribution is -2.32. The molecule has 4 rings (SSSR count). The smallest absolute Gasteiger partial charge is 0.242 e. The van der Waals surface area contributed by atoms with Gasteiger partial charge in [-0.2, -0.15) is 0 Å². The molecule has 0 amide bonds. The van der Waals surface area contributed by atoms with Crippen LogP contribution in [0.15, 0.2) is 51.3 Å². The number of rotatable bonds is 8. The van der Waals surface area contributed by atoms with Crippen molar-refractivity contribution in [3.63, 3.8) is 0 Å². The van der Waals surface area contributed by atoms with E-state index in [0.717, 1.165) is 14.2 Å². The van der Waals surface area contributed by atoms with E-state index in [2.05, 4.69) is 31.0 Å². The molecule has 3 aromatic rings. The molecule has 1 aliphatic heterocycles. The number of sulfonamides is 1. The van der Waals surface area contributed by atoms with Crippen LogP contribution in [0.3, 0.4) is 0 Å². The van der Waals surface area contributed by atoms with Crippen molar-refractivity contribution in [3.8, 4) is 11.5 Å². The third-order valence-electron chi connectivity index (χ3n) is 5.05. The van der Waals surface area contributed by atoms with E-state index in [9.17, 15) is 8.42 Å². The van der Waals surface area contributed by atoms with Crippen LogP contribution in [0.2, 0.25) is 0 Å². The molecule has 0 fully saturated rings. The fourth-order valence-corrected chi connectivity index (χ4v) is 6.39. The highest BCUT2D eigenvalue weighted by atomic mass is 79.9. The Balaban J connectivity index is 1.51. The van der Waals surface area contributed by atoms with E-state index in [1.807, 2.05) is 37.3 Å². The number of nitrogens with zero attached hydrogens (tertiary/aromatic N) is 1. The number of aryl methyl sites for hydroxylation is 1. The third kappa shape index (κ3) is 5.25. The number of pyridine rings is 1. The number of ether oxygens (including phenoxy) is 2. The Labute approximate surface area is 200 Å². The number of halogens is 1. The predicted octanol–water partition coefficient (Wildman–Crippen LogP) is 5.03. The van der Waals surface area contributed by atoms with Gasteiger partial charge in [0.2, 0.25) is 10.0 Å². The second-order valence-electron chi connectivity index (χ2n) is 7.34. The fraction of sp³-hybridized carbons (Fsp3) is 0.318. The summed E-state index contributed by atoms with van der Waals surface area (Å²) in [5.74, 6) is 1.98. The van der Waals surface area contributed by atoms with Gasteiger partial charge in [0.15, 0.2) is 0 Å². The maximum atomic E-state index is 13.2. The fourth-order valence-electron chi connectivity index (χ4n) is 3.55. The molecule has 2 N–H and O–H groups in total. The van der Waals surface area contributed by atoms with Crippen LogP contribution in [0.4, 0.5) is 5.82 Å². The molecule has 32 heavy (non-hydrogen) atoms. The summed E-state index contributed by atoms with van der Waals surface area (Å²) in [7, 11) is -3.78. The molecular weight excluding hydrogens is 514 g/mol. The quantitative estimate of drug-likeness (QED) is 0.419. The average Bonchev–Trinajstić information content (AvgIpc) is 3.18. The predicted molar refractivity (Wildman–Crippen MR) is 129 cm³/mol. The number of hydrogen-bond donors (Lipinski definition) is 2. The van der Waals surface area contributed by atoms with Gasteiger partial charge in [0, 0.05) is 23.1 Å². The lowest BCUT2D eigenvalue weighted by molar-refractivity contribution is 0.261. The minimum absolute atomic E-state index is 0.163. The van der Waals surface area contributed by atoms with Crippen LogP contribution in [0.1, 0.15) is 35.4 Å². The van der Waals surface area contributed by atoms with E-state index in [-0.39, 0.29) is 4.90 Å². The maximum absolute atomic E-state index is 13.2. The van der Waals surface area contributed by atoms with Crippen LogP contribution in [0.25, 0.3) is 0 Å². The average molecular weight is 538 g/mol. The number of thiophene rings is 1. The van der Waals surface area contributed by atoms with Crippen molar-refractivity contribution >= 4 is 43.1 Å². The summed E-state index contributed by atoms with van der Waals surface area (Å²) in [6.45, 7) is 5.27. The topological polar surface area (TPSA) is 89.5 Å². The number of fused-ring (bicyclic) bond motifs is 1. The molecule has 1 atom stereocenters. The van der Waals surface area contributed by atoms with Gasteiger partial charge in [-0.25, -0.2) is 18.1 Å². The Hall–Kier alpha value is -2.14. The Kier molecular flexibility index (Phi) is 7.04. The SMILES string of the molecule is CCOc1ccc2c(c1)C(NS(=O)(=O)c1cnc(NCc3ccc(Br)s3)cc1C)CCO2. The Bertz CT molecular complexity index is 1210. The summed E-state index contributed by atoms with van der Waals surface area (Å²) in [6.07, 6.45) is 1.94. The second kappa shape index (κ2) is 9.78. The molecule has 0 saturated heterocycles. The Morgan fingerprint density at radius 2 is 2.12 bits per heavy atom. The van der Waals surface area contributed by atoms with Gasteiger partial charge in [-0.05, 0) is 71.7 Å². The summed E-state index contributed by atoms with van der Waals surface area (Å²) < 4.78 is 41.5. The molecule has 3 heterocycles. The molecule has 1 aromatic carbocycles. The first-order valence-electron chi connectivity index (χ1n) is 10.2. The third-order valence-corrected chi connectivity index (χ3v) is 8.28. The van der Waals surface area contributed by atoms with Gasteiger partial charge in [-0.15, -0.1) is 11.3 Å². The van der Waals surface area contributed by atoms with Crippen molar-refractivity contribution in [1.82, 2.24) is 9.71 Å². The van der Waals surface area contributed by atoms with E-state index < -0.39 is 16.1 Å². The van der Waals surface area contributed by atoms with Crippen molar-refractivity contribution in [2.24, 2.45) is 0 Å². The molecule has 1 aliphatic rings. The van der Waals surface area contributed by atoms with E-state index in [0.29, 0.717) is 49.1 Å². The van der Waals surface area contributed by atoms with Crippen LogP contribution in [-0.2, 0) is 16.6 Å². The van der Waals surface area contributed by atoms with E-state index in [4.69, 9.17) is 9.47 Å². The van der Waals surface area contributed by atoms with Gasteiger partial charge in [0.25, 0.3) is 0 Å². The largest absolute Gasteiger partial charge is 0.494 e. The molecule has 0 saturated carbocycles. The van der Waals surface area contributed by atoms with Crippen molar-refractivity contribution in [2.45, 2.75) is 37.8 Å². The van der Waals surface area contributed by atoms with Gasteiger partial charge in [0.05, 0.1) is 29.6 Å². The van der Waals surface area contributed by atoms with Crippen LogP contribution < -0.4 is 19.5 Å². The number of benzene rings is 1. The van der Waals surface area contributed by atoms with Crippen LogP contribution in [-0.4, -0.2) is 26.6 Å². The summed E-state index contributed by atoms with van der Waals surface area (Å²) in [6, 6.07) is 10.9. The van der Waals surface area contributed by atoms with E-state index in [1.165, 1.54) is 6.20 Å². The molecule has 0 radical (unpaired) electrons. The molecule has 2 aromatic heterocycles. The van der Waals surface area contributed by atoms with Crippen molar-refractivity contribution < 1.29 is 17.9 Å². The minimum Gasteiger partial charge on any atom is -0.494 e. The summed E-state index contributed by atoms with van der Waals surface area (Å²) >= 11 is 5.09. The zero-order chi connectivity index (χ0) is 22.7. The lowest BCUT2D eigenvalue weighted by Gasteiger charge is -2.27. The second-order valence-corrected chi connectivity index (χ2v) is 11.6. The normalized spacial score (nSPS) is 15.7. The standard InChI is InChI=1S/C22H24BrN3O4S2/c1-3-29-15-4-6-19-17(11-15)18(8-9-30-19)26-32(27,28)20-13-25-22(10-14(20)2)24-12-16-5-7-21(23)31-16/h4-7,10-11,13,18,26H,3,8-9,12H2,1-2H3,(H,24,25). The molecule has 0 spiro atoms. The first kappa shape index (κ1) is 23.0. The van der Waals surface area contributed by atoms with Crippen LogP contribution in [0.5, 0.6) is 11.5 Å². The molecule has 7 nitrogen and oxygen atoms in total. The van der Waals surface area contributed by atoms with E-state index >= 15 is 0 Å². The van der Waals surface area contributed by atoms with Gasteiger partial charge in [0.1, 0.15) is 22.2 Å². The van der Waals surface area contributed by atoms with Gasteiger partial charge in [-0.1, -0.05) is 0 Å². The van der Waals surface area contributed by atoms with Crippen LogP contribution >= 0.6 is 27.3 Å². The number of aromatic nitrogens is 1. The summed E-state index contributed by atoms with van der Waals surface area (Å²) in [5.41, 5.74) is 1.40. The number of nitrogens with one attached hydrogen (secondary N) is 2. The lowest BCUT2D eigenvalue weighted by atomic mass is 10.0. The maximum Gasteiger partial charge on any atom is 0.242 e. The number of anilines is 1. The number of hydrogen-bond acceptors (Lipinski definition) is 7. The van der Waals surface area contributed by atoms with Crippen LogP contribution in [0, 0.1) is 6.92 Å². The first-order valence-corrected chi connectivity index (χ1v) is 13.3. The van der Waals surface area contributed by atoms with Gasteiger partial charge < -0.3 is 14.8 Å². The van der Waals surface area contributed by atoms with E-state index in [1.54, 1.807) is 24.3 Å². The molecule has 0 bridgehead atoms. The zero-order valence-corrected chi connectivity index (χ0v) is 20.9. The zero-order valence-electron chi connectivity index (χ0n) is 17.7. The summed E-state index contributed by atoms with van der Waals surface area (Å²) in [5, 5.41) is 3.24. The molecule has 0 aliphatic carbocycles. The Morgan fingerprint density at radius 3 is 2.84 bits per heavy atom. The molecular formula is C22H24BrN3O4S2. The van der Waals surface area contributed by atoms with Gasteiger partial charge >= 0.3 is 0 Å². The van der Waals surface area contributed by atoms with Gasteiger partial charge in [-0.3, -0.25) is 0 Å². The monoisotopic (exact) mass is 537 g/mol. The molecule has 170 valence electrons. The Morgan fingerprint density at radius 1 is 1.28 bits per heavy atom. The van der Waals surface area contributed by atoms with Crippen molar-refractivity contribution in [3.05, 3.63) is 62.4 Å². The first-order chi connectivity index (χ1) is 15.4. The highest BCUT2D eigenvalue weighted by molar-refractivity contribution is 9.11. The highest BCUT2D eigenvalue weighted by Crippen LogP contribution is 2.36. The summed E-state index contributed by atoms with van der Waals surface area (Å²) in [4.78, 5) is 5.64. The molecule has 1 unspecified atom stereocenters. The minimum atomic E-state index is -3.78. The van der Waals surface area contributed by atoms with Crippen molar-refractivity contribution in [1.29, 1.82) is 0 Å². The highest BCUT2D eigenvalue weighted by Gasteiger charge is 2.28. The molecule has 10 heteroatoms. The van der Waals surface area contributed by atoms with Crippen molar-refractivity contribution in [2.75, 3.05) is 18.5 Å².